The summed E-state index contributed by atoms with van der Waals surface area (Å²) < 4.78 is 70.5. The zero-order valence-electron chi connectivity index (χ0n) is 22.7. The molecule has 0 radical (unpaired) electrons. The highest BCUT2D eigenvalue weighted by atomic mass is 19.4. The number of imidazole rings is 1. The average Bonchev–Trinajstić information content (AvgIpc) is 3.56. The number of carbonyl (C=O) groups is 2. The lowest BCUT2D eigenvalue weighted by Crippen LogP contribution is -2.30. The van der Waals surface area contributed by atoms with Gasteiger partial charge in [-0.15, -0.1) is 0 Å². The van der Waals surface area contributed by atoms with Gasteiger partial charge in [0.2, 0.25) is 0 Å². The van der Waals surface area contributed by atoms with Gasteiger partial charge in [0.05, 0.1) is 18.1 Å². The highest BCUT2D eigenvalue weighted by Gasteiger charge is 2.40. The van der Waals surface area contributed by atoms with E-state index in [0.717, 1.165) is 6.07 Å². The molecule has 220 valence electrons. The van der Waals surface area contributed by atoms with E-state index in [1.54, 1.807) is 38.4 Å². The van der Waals surface area contributed by atoms with E-state index in [9.17, 15) is 27.2 Å². The summed E-state index contributed by atoms with van der Waals surface area (Å²) in [6.45, 7) is 3.30. The van der Waals surface area contributed by atoms with Crippen LogP contribution in [0.15, 0.2) is 48.9 Å². The van der Waals surface area contributed by atoms with Gasteiger partial charge < -0.3 is 19.8 Å². The van der Waals surface area contributed by atoms with Crippen LogP contribution in [0.25, 0.3) is 11.1 Å². The Kier molecular flexibility index (Phi) is 7.76. The van der Waals surface area contributed by atoms with E-state index >= 15 is 0 Å². The van der Waals surface area contributed by atoms with Gasteiger partial charge in [0.15, 0.2) is 29.7 Å². The van der Waals surface area contributed by atoms with Crippen molar-refractivity contribution in [2.45, 2.75) is 39.5 Å². The number of amides is 1. The number of ketones is 1. The molecule has 13 heteroatoms. The number of ether oxygens (including phenoxy) is 2. The third kappa shape index (κ3) is 5.85. The van der Waals surface area contributed by atoms with Crippen LogP contribution in [0.2, 0.25) is 0 Å². The summed E-state index contributed by atoms with van der Waals surface area (Å²) >= 11 is 0. The Bertz CT molecular complexity index is 1660. The first-order valence-corrected chi connectivity index (χ1v) is 13.1. The molecule has 4 aromatic rings. The van der Waals surface area contributed by atoms with Gasteiger partial charge in [-0.2, -0.15) is 18.3 Å². The van der Waals surface area contributed by atoms with E-state index in [4.69, 9.17) is 15.2 Å². The van der Waals surface area contributed by atoms with E-state index in [1.165, 1.54) is 23.0 Å². The number of nitrogens with two attached hydrogens (primary N) is 1. The summed E-state index contributed by atoms with van der Waals surface area (Å²) in [5.41, 5.74) is 5.18. The van der Waals surface area contributed by atoms with Gasteiger partial charge in [0.1, 0.15) is 11.6 Å². The number of carbonyl (C=O) groups excluding carboxylic acids is 2. The molecule has 1 atom stereocenters. The molecule has 0 saturated heterocycles. The van der Waals surface area contributed by atoms with Crippen molar-refractivity contribution in [1.29, 1.82) is 0 Å². The maximum Gasteiger partial charge on any atom is 0.435 e. The maximum absolute atomic E-state index is 14.2. The van der Waals surface area contributed by atoms with E-state index in [2.05, 4.69) is 10.1 Å². The normalized spacial score (nSPS) is 14.9. The number of rotatable bonds is 9. The number of hydrogen-bond donors (Lipinski definition) is 1. The summed E-state index contributed by atoms with van der Waals surface area (Å²) in [5, 5.41) is 3.74. The molecular weight excluding hydrogens is 558 g/mol. The van der Waals surface area contributed by atoms with Crippen LogP contribution in [0.1, 0.15) is 39.9 Å². The number of hydrogen-bond acceptors (Lipinski definition) is 6. The summed E-state index contributed by atoms with van der Waals surface area (Å²) in [4.78, 5) is 29.1. The Hall–Kier alpha value is -4.68. The number of nitrogens with zero attached hydrogens (tertiary/aromatic N) is 4. The fourth-order valence-corrected chi connectivity index (χ4v) is 4.93. The third-order valence-electron chi connectivity index (χ3n) is 6.98. The van der Waals surface area contributed by atoms with Crippen molar-refractivity contribution in [1.82, 2.24) is 19.3 Å². The third-order valence-corrected chi connectivity index (χ3v) is 6.98. The lowest BCUT2D eigenvalue weighted by atomic mass is 9.86. The number of alkyl halides is 3. The Balaban J connectivity index is 1.55. The van der Waals surface area contributed by atoms with Gasteiger partial charge in [0.25, 0.3) is 5.91 Å². The second-order valence-electron chi connectivity index (χ2n) is 9.96. The molecule has 2 aromatic heterocycles. The van der Waals surface area contributed by atoms with Crippen LogP contribution in [-0.4, -0.2) is 44.2 Å². The van der Waals surface area contributed by atoms with Crippen LogP contribution in [0.4, 0.5) is 17.6 Å². The fraction of sp³-hybridized carbons (Fsp3) is 0.310. The summed E-state index contributed by atoms with van der Waals surface area (Å²) in [7, 11) is 0. The summed E-state index contributed by atoms with van der Waals surface area (Å²) in [5.74, 6) is -1.98. The minimum atomic E-state index is -4.74. The van der Waals surface area contributed by atoms with E-state index in [0.29, 0.717) is 17.0 Å². The zero-order valence-corrected chi connectivity index (χ0v) is 22.7. The van der Waals surface area contributed by atoms with E-state index in [-0.39, 0.29) is 60.1 Å². The molecule has 0 aliphatic carbocycles. The monoisotopic (exact) mass is 585 g/mol. The van der Waals surface area contributed by atoms with Crippen molar-refractivity contribution in [2.24, 2.45) is 11.7 Å². The maximum atomic E-state index is 14.2. The van der Waals surface area contributed by atoms with Crippen LogP contribution in [-0.2, 0) is 30.5 Å². The van der Waals surface area contributed by atoms with Gasteiger partial charge in [-0.25, -0.2) is 9.37 Å². The number of benzene rings is 2. The standard InChI is InChI=1S/C29H27F4N5O4/c1-3-38-13-22(28(36-38)29(31,32)33)20-9-18(12-37-7-6-35-16(37)2)10-21-26(40)19(14-42-27(20)21)8-17-4-5-23(30)24(11-17)41-15-25(34)39/h4-7,9-11,13,19H,3,8,12,14-15H2,1-2H3,(H2,34,39). The van der Waals surface area contributed by atoms with Crippen molar-refractivity contribution in [2.75, 3.05) is 13.2 Å². The molecule has 5 rings (SSSR count). The number of primary amides is 1. The molecule has 9 nitrogen and oxygen atoms in total. The van der Waals surface area contributed by atoms with Crippen molar-refractivity contribution >= 4 is 11.7 Å². The average molecular weight is 586 g/mol. The van der Waals surface area contributed by atoms with Crippen LogP contribution in [0.3, 0.4) is 0 Å². The lowest BCUT2D eigenvalue weighted by Gasteiger charge is -2.27. The first-order chi connectivity index (χ1) is 19.9. The smallest absolute Gasteiger partial charge is 0.435 e. The van der Waals surface area contributed by atoms with Crippen LogP contribution in [0.5, 0.6) is 11.5 Å². The number of Topliss-reactive ketones (excluding diaryl/α,β-unsaturated/α-hetero) is 1. The molecule has 0 spiro atoms. The molecular formula is C29H27F4N5O4. The lowest BCUT2D eigenvalue weighted by molar-refractivity contribution is -0.141. The number of fused-ring (bicyclic) bond motifs is 1. The highest BCUT2D eigenvalue weighted by Crippen LogP contribution is 2.44. The van der Waals surface area contributed by atoms with Crippen LogP contribution in [0, 0.1) is 18.7 Å². The quantitative estimate of drug-likeness (QED) is 0.288. The minimum absolute atomic E-state index is 0.0492. The first kappa shape index (κ1) is 28.8. The molecule has 1 amide bonds. The van der Waals surface area contributed by atoms with Gasteiger partial charge in [-0.3, -0.25) is 14.3 Å². The molecule has 2 N–H and O–H groups in total. The predicted octanol–water partition coefficient (Wildman–Crippen LogP) is 4.58. The van der Waals surface area contributed by atoms with Crippen molar-refractivity contribution in [3.8, 4) is 22.6 Å². The Labute approximate surface area is 237 Å². The Morgan fingerprint density at radius 2 is 1.93 bits per heavy atom. The Morgan fingerprint density at radius 1 is 1.17 bits per heavy atom. The van der Waals surface area contributed by atoms with Crippen molar-refractivity contribution in [3.05, 3.63) is 82.9 Å². The van der Waals surface area contributed by atoms with Gasteiger partial charge >= 0.3 is 6.18 Å². The predicted molar refractivity (Wildman–Crippen MR) is 143 cm³/mol. The molecule has 0 fully saturated rings. The van der Waals surface area contributed by atoms with Crippen LogP contribution < -0.4 is 15.2 Å². The largest absolute Gasteiger partial charge is 0.491 e. The molecule has 0 saturated carbocycles. The fourth-order valence-electron chi connectivity index (χ4n) is 4.93. The number of halogens is 4. The summed E-state index contributed by atoms with van der Waals surface area (Å²) in [6.07, 6.45) is 0.0377. The van der Waals surface area contributed by atoms with Crippen molar-refractivity contribution < 1.29 is 36.6 Å². The van der Waals surface area contributed by atoms with E-state index < -0.39 is 36.1 Å². The SMILES string of the molecule is CCn1cc(-c2cc(Cn3ccnc3C)cc3c2OCC(Cc2ccc(F)c(OCC(N)=O)c2)C3=O)c(C(F)(F)F)n1. The highest BCUT2D eigenvalue weighted by molar-refractivity contribution is 6.04. The van der Waals surface area contributed by atoms with Gasteiger partial charge in [-0.05, 0) is 55.7 Å². The molecule has 1 aliphatic rings. The molecule has 3 heterocycles. The second-order valence-corrected chi connectivity index (χ2v) is 9.96. The second kappa shape index (κ2) is 11.3. The van der Waals surface area contributed by atoms with Gasteiger partial charge in [-0.1, -0.05) is 6.07 Å². The molecule has 42 heavy (non-hydrogen) atoms. The minimum Gasteiger partial charge on any atom is -0.491 e. The van der Waals surface area contributed by atoms with E-state index in [1.807, 2.05) is 4.57 Å². The number of aryl methyl sites for hydroxylation is 2. The summed E-state index contributed by atoms with van der Waals surface area (Å²) in [6, 6.07) is 7.21. The molecule has 0 bridgehead atoms. The van der Waals surface area contributed by atoms with Crippen molar-refractivity contribution in [3.63, 3.8) is 0 Å². The Morgan fingerprint density at radius 3 is 2.60 bits per heavy atom. The molecule has 1 unspecified atom stereocenters. The van der Waals surface area contributed by atoms with Gasteiger partial charge in [0, 0.05) is 42.8 Å². The molecule has 2 aromatic carbocycles. The van der Waals surface area contributed by atoms with Crippen LogP contribution >= 0.6 is 0 Å². The topological polar surface area (TPSA) is 114 Å². The first-order valence-electron chi connectivity index (χ1n) is 13.1. The zero-order chi connectivity index (χ0) is 30.2. The molecule has 1 aliphatic heterocycles. The number of aromatic nitrogens is 4.